The molecule has 1 aliphatic heterocycles. The van der Waals surface area contributed by atoms with E-state index in [0.717, 1.165) is 55.0 Å². The predicted molar refractivity (Wildman–Crippen MR) is 130 cm³/mol. The normalized spacial score (nSPS) is 14.2. The van der Waals surface area contributed by atoms with E-state index in [0.29, 0.717) is 11.6 Å². The molecule has 0 unspecified atom stereocenters. The second kappa shape index (κ2) is 8.49. The molecule has 0 spiro atoms. The summed E-state index contributed by atoms with van der Waals surface area (Å²) in [6.07, 6.45) is 2.20. The van der Waals surface area contributed by atoms with Crippen LogP contribution < -0.4 is 4.74 Å². The van der Waals surface area contributed by atoms with Gasteiger partial charge in [0.2, 0.25) is 0 Å². The Morgan fingerprint density at radius 2 is 1.90 bits per heavy atom. The van der Waals surface area contributed by atoms with E-state index in [9.17, 15) is 0 Å². The van der Waals surface area contributed by atoms with E-state index in [1.807, 2.05) is 19.1 Å². The predicted octanol–water partition coefficient (Wildman–Crippen LogP) is 6.88. The first-order valence-electron chi connectivity index (χ1n) is 11.2. The lowest BCUT2D eigenvalue weighted by Crippen LogP contribution is -2.32. The summed E-state index contributed by atoms with van der Waals surface area (Å²) in [7, 11) is 0. The molecule has 4 aromatic rings. The first-order chi connectivity index (χ1) is 15.2. The molecule has 1 aliphatic rings. The Hall–Kier alpha value is -2.62. The van der Waals surface area contributed by atoms with Gasteiger partial charge in [-0.2, -0.15) is 0 Å². The Bertz CT molecular complexity index is 1270. The third kappa shape index (κ3) is 3.66. The van der Waals surface area contributed by atoms with E-state index in [1.165, 1.54) is 27.3 Å². The zero-order chi connectivity index (χ0) is 21.4. The molecule has 1 aromatic heterocycles. The smallest absolute Gasteiger partial charge is 0.137 e. The molecule has 3 nitrogen and oxygen atoms in total. The van der Waals surface area contributed by atoms with Crippen LogP contribution in [0.3, 0.4) is 0 Å². The van der Waals surface area contributed by atoms with E-state index >= 15 is 0 Å². The minimum Gasteiger partial charge on any atom is -0.492 e. The van der Waals surface area contributed by atoms with E-state index in [4.69, 9.17) is 21.3 Å². The SMILES string of the molecule is CCCN1CCc2c(c(-c3ccc(OCC)c(Cl)c3)nc3ccc4ccccc4c23)C1. The van der Waals surface area contributed by atoms with Gasteiger partial charge in [0.05, 0.1) is 22.8 Å². The summed E-state index contributed by atoms with van der Waals surface area (Å²) in [5.41, 5.74) is 5.93. The summed E-state index contributed by atoms with van der Waals surface area (Å²) in [5, 5.41) is 4.51. The van der Waals surface area contributed by atoms with Crippen LogP contribution in [0.5, 0.6) is 5.75 Å². The maximum absolute atomic E-state index is 6.55. The van der Waals surface area contributed by atoms with Crippen LogP contribution in [0.4, 0.5) is 0 Å². The molecule has 31 heavy (non-hydrogen) atoms. The molecule has 0 N–H and O–H groups in total. The number of fused-ring (bicyclic) bond motifs is 5. The molecule has 5 rings (SSSR count). The second-order valence-corrected chi connectivity index (χ2v) is 8.61. The average molecular weight is 431 g/mol. The van der Waals surface area contributed by atoms with Gasteiger partial charge in [0.1, 0.15) is 5.75 Å². The monoisotopic (exact) mass is 430 g/mol. The van der Waals surface area contributed by atoms with Gasteiger partial charge < -0.3 is 4.74 Å². The van der Waals surface area contributed by atoms with Gasteiger partial charge in [0.25, 0.3) is 0 Å². The van der Waals surface area contributed by atoms with Crippen molar-refractivity contribution in [2.24, 2.45) is 0 Å². The third-order valence-corrected chi connectivity index (χ3v) is 6.49. The van der Waals surface area contributed by atoms with Crippen LogP contribution in [-0.2, 0) is 13.0 Å². The lowest BCUT2D eigenvalue weighted by atomic mass is 9.89. The van der Waals surface area contributed by atoms with Gasteiger partial charge in [-0.25, -0.2) is 4.98 Å². The lowest BCUT2D eigenvalue weighted by Gasteiger charge is -2.31. The first kappa shape index (κ1) is 20.3. The number of benzene rings is 3. The summed E-state index contributed by atoms with van der Waals surface area (Å²) in [4.78, 5) is 7.74. The highest BCUT2D eigenvalue weighted by Gasteiger charge is 2.24. The minimum atomic E-state index is 0.599. The number of rotatable bonds is 5. The van der Waals surface area contributed by atoms with Gasteiger partial charge in [-0.15, -0.1) is 0 Å². The summed E-state index contributed by atoms with van der Waals surface area (Å²) in [6.45, 7) is 7.94. The average Bonchev–Trinajstić information content (AvgIpc) is 2.80. The van der Waals surface area contributed by atoms with Crippen molar-refractivity contribution in [1.29, 1.82) is 0 Å². The molecule has 2 heterocycles. The van der Waals surface area contributed by atoms with Gasteiger partial charge in [-0.05, 0) is 72.5 Å². The van der Waals surface area contributed by atoms with Gasteiger partial charge in [0.15, 0.2) is 0 Å². The van der Waals surface area contributed by atoms with Crippen molar-refractivity contribution in [3.63, 3.8) is 0 Å². The van der Waals surface area contributed by atoms with Crippen LogP contribution in [0.15, 0.2) is 54.6 Å². The Balaban J connectivity index is 1.76. The van der Waals surface area contributed by atoms with Crippen molar-refractivity contribution < 1.29 is 4.74 Å². The van der Waals surface area contributed by atoms with Crippen molar-refractivity contribution in [1.82, 2.24) is 9.88 Å². The fourth-order valence-corrected chi connectivity index (χ4v) is 5.07. The van der Waals surface area contributed by atoms with Crippen molar-refractivity contribution in [2.45, 2.75) is 33.2 Å². The molecule has 0 fully saturated rings. The maximum Gasteiger partial charge on any atom is 0.137 e. The fraction of sp³-hybridized carbons (Fsp3) is 0.296. The summed E-state index contributed by atoms with van der Waals surface area (Å²) >= 11 is 6.55. The van der Waals surface area contributed by atoms with Gasteiger partial charge in [0, 0.05) is 24.0 Å². The lowest BCUT2D eigenvalue weighted by molar-refractivity contribution is 0.255. The molecule has 0 radical (unpaired) electrons. The third-order valence-electron chi connectivity index (χ3n) is 6.20. The number of ether oxygens (including phenoxy) is 1. The van der Waals surface area contributed by atoms with Crippen LogP contribution >= 0.6 is 11.6 Å². The zero-order valence-corrected chi connectivity index (χ0v) is 18.9. The Morgan fingerprint density at radius 3 is 2.71 bits per heavy atom. The van der Waals surface area contributed by atoms with Crippen molar-refractivity contribution in [3.8, 4) is 17.0 Å². The highest BCUT2D eigenvalue weighted by Crippen LogP contribution is 2.39. The van der Waals surface area contributed by atoms with Crippen LogP contribution in [0.2, 0.25) is 5.02 Å². The minimum absolute atomic E-state index is 0.599. The second-order valence-electron chi connectivity index (χ2n) is 8.20. The highest BCUT2D eigenvalue weighted by molar-refractivity contribution is 6.32. The Kier molecular flexibility index (Phi) is 5.56. The van der Waals surface area contributed by atoms with Crippen molar-refractivity contribution in [2.75, 3.05) is 19.7 Å². The van der Waals surface area contributed by atoms with Gasteiger partial charge in [-0.3, -0.25) is 4.90 Å². The molecule has 0 atom stereocenters. The number of aromatic nitrogens is 1. The van der Waals surface area contributed by atoms with E-state index in [-0.39, 0.29) is 0 Å². The molecule has 4 heteroatoms. The summed E-state index contributed by atoms with van der Waals surface area (Å²) in [5.74, 6) is 0.723. The van der Waals surface area contributed by atoms with Crippen LogP contribution in [0, 0.1) is 0 Å². The van der Waals surface area contributed by atoms with Crippen LogP contribution in [0.25, 0.3) is 32.9 Å². The first-order valence-corrected chi connectivity index (χ1v) is 11.6. The molecule has 3 aromatic carbocycles. The van der Waals surface area contributed by atoms with Gasteiger partial charge >= 0.3 is 0 Å². The van der Waals surface area contributed by atoms with E-state index < -0.39 is 0 Å². The quantitative estimate of drug-likeness (QED) is 0.323. The van der Waals surface area contributed by atoms with E-state index in [1.54, 1.807) is 0 Å². The highest BCUT2D eigenvalue weighted by atomic mass is 35.5. The van der Waals surface area contributed by atoms with Crippen LogP contribution in [-0.4, -0.2) is 29.6 Å². The molecular formula is C27H27ClN2O. The summed E-state index contributed by atoms with van der Waals surface area (Å²) in [6, 6.07) is 19.0. The van der Waals surface area contributed by atoms with Crippen molar-refractivity contribution >= 4 is 33.3 Å². The molecule has 0 saturated heterocycles. The standard InChI is InChI=1S/C27H27ClN2O/c1-3-14-30-15-13-21-22(17-30)27(19-10-12-25(31-4-2)23(28)16-19)29-24-11-9-18-7-5-6-8-20(18)26(21)24/h5-12,16H,3-4,13-15,17H2,1-2H3. The molecule has 0 amide bonds. The zero-order valence-electron chi connectivity index (χ0n) is 18.1. The largest absolute Gasteiger partial charge is 0.492 e. The number of pyridine rings is 1. The number of hydrogen-bond donors (Lipinski definition) is 0. The molecule has 0 saturated carbocycles. The Labute approximate surface area is 188 Å². The van der Waals surface area contributed by atoms with Crippen LogP contribution in [0.1, 0.15) is 31.4 Å². The molecule has 0 aliphatic carbocycles. The maximum atomic E-state index is 6.55. The van der Waals surface area contributed by atoms with Gasteiger partial charge in [-0.1, -0.05) is 48.9 Å². The Morgan fingerprint density at radius 1 is 1.03 bits per heavy atom. The topological polar surface area (TPSA) is 25.4 Å². The summed E-state index contributed by atoms with van der Waals surface area (Å²) < 4.78 is 5.65. The van der Waals surface area contributed by atoms with Crippen molar-refractivity contribution in [3.05, 3.63) is 70.7 Å². The molecule has 0 bridgehead atoms. The molecule has 158 valence electrons. The number of hydrogen-bond acceptors (Lipinski definition) is 3. The fourth-order valence-electron chi connectivity index (χ4n) is 4.84. The van der Waals surface area contributed by atoms with E-state index in [2.05, 4.69) is 54.3 Å². The number of nitrogens with zero attached hydrogens (tertiary/aromatic N) is 2. The molecular weight excluding hydrogens is 404 g/mol. The number of halogens is 1.